The van der Waals surface area contributed by atoms with Gasteiger partial charge < -0.3 is 11.1 Å². The third kappa shape index (κ3) is 2.21. The summed E-state index contributed by atoms with van der Waals surface area (Å²) in [6.45, 7) is 2.96. The van der Waals surface area contributed by atoms with Crippen LogP contribution in [0.15, 0.2) is 17.8 Å². The Morgan fingerprint density at radius 2 is 2.37 bits per heavy atom. The average molecular weight is 276 g/mol. The van der Waals surface area contributed by atoms with Crippen LogP contribution in [0, 0.1) is 5.92 Å². The van der Waals surface area contributed by atoms with Crippen LogP contribution in [0.4, 0.5) is 5.82 Å². The minimum atomic E-state index is -0.0104. The number of anilines is 1. The first-order valence-electron chi connectivity index (χ1n) is 6.92. The van der Waals surface area contributed by atoms with E-state index in [1.807, 2.05) is 6.07 Å². The Hall–Kier alpha value is -1.20. The zero-order valence-electron chi connectivity index (χ0n) is 11.2. The zero-order valence-corrected chi connectivity index (χ0v) is 12.0. The lowest BCUT2D eigenvalue weighted by Crippen LogP contribution is -2.52. The Morgan fingerprint density at radius 1 is 1.47 bits per heavy atom. The molecule has 1 aliphatic rings. The van der Waals surface area contributed by atoms with Crippen molar-refractivity contribution in [2.75, 3.05) is 11.9 Å². The summed E-state index contributed by atoms with van der Waals surface area (Å²) in [6.07, 6.45) is 6.55. The van der Waals surface area contributed by atoms with E-state index in [9.17, 15) is 0 Å². The Labute approximate surface area is 117 Å². The normalized spacial score (nSPS) is 27.6. The van der Waals surface area contributed by atoms with Gasteiger partial charge in [-0.2, -0.15) is 0 Å². The SMILES string of the molecule is CC1CCCCC1(CN)Nc1ncnc2ccsc12. The lowest BCUT2D eigenvalue weighted by molar-refractivity contribution is 0.235. The van der Waals surface area contributed by atoms with Crippen LogP contribution < -0.4 is 11.1 Å². The van der Waals surface area contributed by atoms with Crippen LogP contribution in [-0.2, 0) is 0 Å². The molecule has 102 valence electrons. The molecule has 0 radical (unpaired) electrons. The second-order valence-corrected chi connectivity index (χ2v) is 6.41. The van der Waals surface area contributed by atoms with Gasteiger partial charge in [-0.1, -0.05) is 19.8 Å². The summed E-state index contributed by atoms with van der Waals surface area (Å²) in [5.41, 5.74) is 7.10. The minimum absolute atomic E-state index is 0.0104. The fourth-order valence-electron chi connectivity index (χ4n) is 3.07. The van der Waals surface area contributed by atoms with Gasteiger partial charge in [-0.25, -0.2) is 9.97 Å². The van der Waals surface area contributed by atoms with Gasteiger partial charge in [0.05, 0.1) is 15.8 Å². The maximum Gasteiger partial charge on any atom is 0.147 e. The van der Waals surface area contributed by atoms with Gasteiger partial charge >= 0.3 is 0 Å². The number of aromatic nitrogens is 2. The maximum atomic E-state index is 6.09. The smallest absolute Gasteiger partial charge is 0.147 e. The Morgan fingerprint density at radius 3 is 3.16 bits per heavy atom. The summed E-state index contributed by atoms with van der Waals surface area (Å²) in [7, 11) is 0. The van der Waals surface area contributed by atoms with Crippen molar-refractivity contribution in [1.82, 2.24) is 9.97 Å². The van der Waals surface area contributed by atoms with E-state index < -0.39 is 0 Å². The monoisotopic (exact) mass is 276 g/mol. The van der Waals surface area contributed by atoms with Crippen molar-refractivity contribution in [3.8, 4) is 0 Å². The van der Waals surface area contributed by atoms with Gasteiger partial charge in [0.25, 0.3) is 0 Å². The molecule has 2 aromatic heterocycles. The van der Waals surface area contributed by atoms with Gasteiger partial charge in [-0.05, 0) is 30.2 Å². The maximum absolute atomic E-state index is 6.09. The molecule has 0 saturated heterocycles. The molecule has 3 N–H and O–H groups in total. The van der Waals surface area contributed by atoms with Crippen molar-refractivity contribution in [2.45, 2.75) is 38.1 Å². The van der Waals surface area contributed by atoms with Crippen LogP contribution >= 0.6 is 11.3 Å². The molecule has 3 rings (SSSR count). The highest BCUT2D eigenvalue weighted by Crippen LogP contribution is 2.37. The molecule has 4 nitrogen and oxygen atoms in total. The first-order valence-corrected chi connectivity index (χ1v) is 7.79. The van der Waals surface area contributed by atoms with E-state index in [1.165, 1.54) is 19.3 Å². The second kappa shape index (κ2) is 5.06. The van der Waals surface area contributed by atoms with Crippen molar-refractivity contribution in [1.29, 1.82) is 0 Å². The van der Waals surface area contributed by atoms with Crippen molar-refractivity contribution in [3.05, 3.63) is 17.8 Å². The van der Waals surface area contributed by atoms with Gasteiger partial charge in [-0.15, -0.1) is 11.3 Å². The largest absolute Gasteiger partial charge is 0.362 e. The number of nitrogens with one attached hydrogen (secondary N) is 1. The number of rotatable bonds is 3. The average Bonchev–Trinajstić information content (AvgIpc) is 2.91. The molecular formula is C14H20N4S. The van der Waals surface area contributed by atoms with Crippen LogP contribution in [0.5, 0.6) is 0 Å². The van der Waals surface area contributed by atoms with Crippen LogP contribution in [0.25, 0.3) is 10.2 Å². The summed E-state index contributed by atoms with van der Waals surface area (Å²) < 4.78 is 1.13. The molecule has 0 aliphatic heterocycles. The van der Waals surface area contributed by atoms with E-state index >= 15 is 0 Å². The minimum Gasteiger partial charge on any atom is -0.362 e. The molecule has 19 heavy (non-hydrogen) atoms. The number of thiophene rings is 1. The predicted molar refractivity (Wildman–Crippen MR) is 80.5 cm³/mol. The molecule has 2 aromatic rings. The summed E-state index contributed by atoms with van der Waals surface area (Å²) in [6, 6.07) is 2.03. The van der Waals surface area contributed by atoms with E-state index in [0.717, 1.165) is 22.5 Å². The van der Waals surface area contributed by atoms with Crippen molar-refractivity contribution in [2.24, 2.45) is 11.7 Å². The van der Waals surface area contributed by atoms with Crippen LogP contribution in [0.1, 0.15) is 32.6 Å². The zero-order chi connectivity index (χ0) is 13.3. The molecule has 0 amide bonds. The van der Waals surface area contributed by atoms with E-state index in [0.29, 0.717) is 12.5 Å². The molecule has 2 heterocycles. The number of nitrogens with zero attached hydrogens (tertiary/aromatic N) is 2. The van der Waals surface area contributed by atoms with Crippen molar-refractivity contribution in [3.63, 3.8) is 0 Å². The first kappa shape index (κ1) is 12.8. The summed E-state index contributed by atoms with van der Waals surface area (Å²) in [5, 5.41) is 5.72. The van der Waals surface area contributed by atoms with E-state index in [4.69, 9.17) is 5.73 Å². The number of hydrogen-bond donors (Lipinski definition) is 2. The Kier molecular flexibility index (Phi) is 3.41. The van der Waals surface area contributed by atoms with Gasteiger partial charge in [-0.3, -0.25) is 0 Å². The predicted octanol–water partition coefficient (Wildman–Crippen LogP) is 3.01. The van der Waals surface area contributed by atoms with Gasteiger partial charge in [0.1, 0.15) is 12.1 Å². The lowest BCUT2D eigenvalue weighted by Gasteiger charge is -2.43. The highest BCUT2D eigenvalue weighted by molar-refractivity contribution is 7.17. The topological polar surface area (TPSA) is 63.8 Å². The van der Waals surface area contributed by atoms with Gasteiger partial charge in [0.2, 0.25) is 0 Å². The number of hydrogen-bond acceptors (Lipinski definition) is 5. The Bertz CT molecular complexity index is 567. The fourth-order valence-corrected chi connectivity index (χ4v) is 3.86. The van der Waals surface area contributed by atoms with Gasteiger partial charge in [0, 0.05) is 6.54 Å². The second-order valence-electron chi connectivity index (χ2n) is 5.49. The molecule has 2 atom stereocenters. The quantitative estimate of drug-likeness (QED) is 0.904. The van der Waals surface area contributed by atoms with Gasteiger partial charge in [0.15, 0.2) is 0 Å². The van der Waals surface area contributed by atoms with E-state index in [2.05, 4.69) is 27.6 Å². The van der Waals surface area contributed by atoms with E-state index in [1.54, 1.807) is 17.7 Å². The van der Waals surface area contributed by atoms with Crippen LogP contribution in [-0.4, -0.2) is 22.1 Å². The summed E-state index contributed by atoms with van der Waals surface area (Å²) >= 11 is 1.68. The molecule has 1 fully saturated rings. The molecule has 0 spiro atoms. The highest BCUT2D eigenvalue weighted by Gasteiger charge is 2.37. The van der Waals surface area contributed by atoms with Crippen LogP contribution in [0.2, 0.25) is 0 Å². The van der Waals surface area contributed by atoms with E-state index in [-0.39, 0.29) is 5.54 Å². The molecule has 2 unspecified atom stereocenters. The standard InChI is InChI=1S/C14H20N4S/c1-10-4-2-3-6-14(10,8-15)18-13-12-11(5-7-19-12)16-9-17-13/h5,7,9-10H,2-4,6,8,15H2,1H3,(H,16,17,18). The molecule has 0 bridgehead atoms. The number of nitrogens with two attached hydrogens (primary N) is 1. The summed E-state index contributed by atoms with van der Waals surface area (Å²) in [5.74, 6) is 1.52. The molecular weight excluding hydrogens is 256 g/mol. The third-order valence-electron chi connectivity index (χ3n) is 4.43. The molecule has 1 saturated carbocycles. The fraction of sp³-hybridized carbons (Fsp3) is 0.571. The van der Waals surface area contributed by atoms with Crippen molar-refractivity contribution >= 4 is 27.4 Å². The molecule has 5 heteroatoms. The Balaban J connectivity index is 1.96. The third-order valence-corrected chi connectivity index (χ3v) is 5.34. The number of fused-ring (bicyclic) bond motifs is 1. The first-order chi connectivity index (χ1) is 9.25. The van der Waals surface area contributed by atoms with Crippen molar-refractivity contribution < 1.29 is 0 Å². The lowest BCUT2D eigenvalue weighted by atomic mass is 9.73. The molecule has 0 aromatic carbocycles. The van der Waals surface area contributed by atoms with Crippen LogP contribution in [0.3, 0.4) is 0 Å². The molecule has 1 aliphatic carbocycles. The summed E-state index contributed by atoms with van der Waals surface area (Å²) in [4.78, 5) is 8.72. The highest BCUT2D eigenvalue weighted by atomic mass is 32.1.